The third-order valence-electron chi connectivity index (χ3n) is 4.92. The van der Waals surface area contributed by atoms with Gasteiger partial charge in [0.1, 0.15) is 6.04 Å². The number of hydrogen-bond donors (Lipinski definition) is 2. The summed E-state index contributed by atoms with van der Waals surface area (Å²) in [7, 11) is 0. The van der Waals surface area contributed by atoms with E-state index >= 15 is 0 Å². The average molecular weight is 448 g/mol. The molecule has 3 amide bonds. The van der Waals surface area contributed by atoms with Gasteiger partial charge in [0.2, 0.25) is 5.91 Å². The van der Waals surface area contributed by atoms with Gasteiger partial charge in [0.25, 0.3) is 11.8 Å². The highest BCUT2D eigenvalue weighted by Gasteiger charge is 2.23. The topological polar surface area (TPSA) is 78.5 Å². The van der Waals surface area contributed by atoms with Crippen LogP contribution >= 0.6 is 23.2 Å². The van der Waals surface area contributed by atoms with Crippen LogP contribution in [0.5, 0.6) is 0 Å². The molecule has 0 aromatic heterocycles. The molecule has 0 spiro atoms. The van der Waals surface area contributed by atoms with Crippen LogP contribution in [0.1, 0.15) is 46.9 Å². The number of carbonyl (C=O) groups is 3. The van der Waals surface area contributed by atoms with Crippen molar-refractivity contribution in [3.8, 4) is 0 Å². The van der Waals surface area contributed by atoms with E-state index in [1.807, 2.05) is 0 Å². The van der Waals surface area contributed by atoms with Gasteiger partial charge < -0.3 is 15.5 Å². The summed E-state index contributed by atoms with van der Waals surface area (Å²) < 4.78 is 0. The molecule has 1 saturated heterocycles. The van der Waals surface area contributed by atoms with Crippen LogP contribution in [0.3, 0.4) is 0 Å². The fraction of sp³-hybridized carbons (Fsp3) is 0.318. The summed E-state index contributed by atoms with van der Waals surface area (Å²) in [6, 6.07) is 10.4. The second-order valence-corrected chi connectivity index (χ2v) is 8.14. The summed E-state index contributed by atoms with van der Waals surface area (Å²) >= 11 is 11.9. The van der Waals surface area contributed by atoms with Gasteiger partial charge in [-0.2, -0.15) is 0 Å². The lowest BCUT2D eigenvalue weighted by atomic mass is 10.1. The molecule has 2 aromatic carbocycles. The Morgan fingerprint density at radius 1 is 0.867 bits per heavy atom. The van der Waals surface area contributed by atoms with Crippen LogP contribution in [-0.2, 0) is 4.79 Å². The highest BCUT2D eigenvalue weighted by atomic mass is 35.5. The minimum Gasteiger partial charge on any atom is -0.341 e. The van der Waals surface area contributed by atoms with Gasteiger partial charge in [-0.05, 0) is 68.7 Å². The fourth-order valence-electron chi connectivity index (χ4n) is 3.32. The molecule has 0 unspecified atom stereocenters. The minimum absolute atomic E-state index is 0.0629. The van der Waals surface area contributed by atoms with Crippen LogP contribution in [0, 0.1) is 0 Å². The minimum atomic E-state index is -0.595. The van der Waals surface area contributed by atoms with E-state index in [2.05, 4.69) is 10.6 Å². The molecule has 6 nitrogen and oxygen atoms in total. The monoisotopic (exact) mass is 447 g/mol. The molecule has 3 rings (SSSR count). The largest absolute Gasteiger partial charge is 0.341 e. The van der Waals surface area contributed by atoms with Gasteiger partial charge >= 0.3 is 0 Å². The quantitative estimate of drug-likeness (QED) is 0.713. The maximum absolute atomic E-state index is 12.5. The maximum Gasteiger partial charge on any atom is 0.255 e. The first-order valence-corrected chi connectivity index (χ1v) is 10.6. The molecule has 0 radical (unpaired) electrons. The zero-order valence-electron chi connectivity index (χ0n) is 16.6. The Bertz CT molecular complexity index is 921. The van der Waals surface area contributed by atoms with E-state index in [1.165, 1.54) is 12.1 Å². The molecule has 0 bridgehead atoms. The Morgan fingerprint density at radius 2 is 1.47 bits per heavy atom. The van der Waals surface area contributed by atoms with Crippen molar-refractivity contribution in [1.29, 1.82) is 0 Å². The SMILES string of the molecule is C[C@H](NC(=O)c1ccc(NC(=O)c2cc(Cl)cc(Cl)c2)cc1)C(=O)N1CCCCC1. The first-order valence-electron chi connectivity index (χ1n) is 9.80. The number of anilines is 1. The molecule has 0 aliphatic carbocycles. The second-order valence-electron chi connectivity index (χ2n) is 7.27. The van der Waals surface area contributed by atoms with E-state index in [1.54, 1.807) is 42.2 Å². The first-order chi connectivity index (χ1) is 14.3. The number of carbonyl (C=O) groups excluding carboxylic acids is 3. The van der Waals surface area contributed by atoms with Gasteiger partial charge in [-0.25, -0.2) is 0 Å². The van der Waals surface area contributed by atoms with E-state index in [4.69, 9.17) is 23.2 Å². The molecule has 158 valence electrons. The van der Waals surface area contributed by atoms with Crippen LogP contribution in [0.15, 0.2) is 42.5 Å². The Kier molecular flexibility index (Phi) is 7.34. The zero-order valence-corrected chi connectivity index (χ0v) is 18.1. The van der Waals surface area contributed by atoms with Crippen LogP contribution in [0.4, 0.5) is 5.69 Å². The predicted octanol–water partition coefficient (Wildman–Crippen LogP) is 4.38. The van der Waals surface area contributed by atoms with E-state index in [9.17, 15) is 14.4 Å². The molecule has 1 heterocycles. The molecule has 30 heavy (non-hydrogen) atoms. The lowest BCUT2D eigenvalue weighted by Gasteiger charge is -2.29. The average Bonchev–Trinajstić information content (AvgIpc) is 2.73. The van der Waals surface area contributed by atoms with Crippen molar-refractivity contribution in [2.45, 2.75) is 32.2 Å². The Balaban J connectivity index is 1.58. The van der Waals surface area contributed by atoms with E-state index in [0.717, 1.165) is 32.4 Å². The number of piperidine rings is 1. The van der Waals surface area contributed by atoms with Crippen LogP contribution < -0.4 is 10.6 Å². The van der Waals surface area contributed by atoms with Gasteiger partial charge in [-0.1, -0.05) is 23.2 Å². The number of nitrogens with zero attached hydrogens (tertiary/aromatic N) is 1. The van der Waals surface area contributed by atoms with E-state index in [-0.39, 0.29) is 17.7 Å². The van der Waals surface area contributed by atoms with Crippen molar-refractivity contribution in [1.82, 2.24) is 10.2 Å². The summed E-state index contributed by atoms with van der Waals surface area (Å²) in [5, 5.41) is 6.21. The molecule has 1 aliphatic heterocycles. The number of nitrogens with one attached hydrogen (secondary N) is 2. The molecule has 1 fully saturated rings. The Hall–Kier alpha value is -2.57. The molecular formula is C22H23Cl2N3O3. The van der Waals surface area contributed by atoms with Gasteiger partial charge in [0.05, 0.1) is 0 Å². The third-order valence-corrected chi connectivity index (χ3v) is 5.35. The molecular weight excluding hydrogens is 425 g/mol. The highest BCUT2D eigenvalue weighted by molar-refractivity contribution is 6.35. The predicted molar refractivity (Wildman–Crippen MR) is 118 cm³/mol. The molecule has 1 atom stereocenters. The molecule has 1 aliphatic rings. The number of likely N-dealkylation sites (tertiary alicyclic amines) is 1. The molecule has 0 saturated carbocycles. The number of halogens is 2. The summed E-state index contributed by atoms with van der Waals surface area (Å²) in [6.07, 6.45) is 3.14. The van der Waals surface area contributed by atoms with E-state index < -0.39 is 6.04 Å². The van der Waals surface area contributed by atoms with Crippen molar-refractivity contribution in [2.75, 3.05) is 18.4 Å². The lowest BCUT2D eigenvalue weighted by Crippen LogP contribution is -2.48. The van der Waals surface area contributed by atoms with Crippen molar-refractivity contribution in [3.05, 3.63) is 63.6 Å². The van der Waals surface area contributed by atoms with Crippen molar-refractivity contribution < 1.29 is 14.4 Å². The zero-order chi connectivity index (χ0) is 21.7. The van der Waals surface area contributed by atoms with Gasteiger partial charge in [0, 0.05) is 39.9 Å². The summed E-state index contributed by atoms with van der Waals surface area (Å²) in [5.41, 5.74) is 1.25. The summed E-state index contributed by atoms with van der Waals surface area (Å²) in [4.78, 5) is 39.1. The van der Waals surface area contributed by atoms with Crippen molar-refractivity contribution in [3.63, 3.8) is 0 Å². The Morgan fingerprint density at radius 3 is 2.07 bits per heavy atom. The van der Waals surface area contributed by atoms with Gasteiger partial charge in [0.15, 0.2) is 0 Å². The van der Waals surface area contributed by atoms with E-state index in [0.29, 0.717) is 26.9 Å². The van der Waals surface area contributed by atoms with Crippen LogP contribution in [-0.4, -0.2) is 41.8 Å². The normalized spacial score (nSPS) is 14.7. The second kappa shape index (κ2) is 9.96. The number of amides is 3. The summed E-state index contributed by atoms with van der Waals surface area (Å²) in [5.74, 6) is -0.767. The number of hydrogen-bond acceptors (Lipinski definition) is 3. The first kappa shape index (κ1) is 22.1. The molecule has 8 heteroatoms. The number of rotatable bonds is 5. The van der Waals surface area contributed by atoms with Crippen LogP contribution in [0.25, 0.3) is 0 Å². The standard InChI is InChI=1S/C22H23Cl2N3O3/c1-14(22(30)27-9-3-2-4-10-27)25-20(28)15-5-7-19(8-6-15)26-21(29)16-11-17(23)13-18(24)12-16/h5-8,11-14H,2-4,9-10H2,1H3,(H,25,28)(H,26,29)/t14-/m0/s1. The molecule has 2 aromatic rings. The summed E-state index contributed by atoms with van der Waals surface area (Å²) in [6.45, 7) is 3.18. The highest BCUT2D eigenvalue weighted by Crippen LogP contribution is 2.20. The van der Waals surface area contributed by atoms with Gasteiger partial charge in [-0.3, -0.25) is 14.4 Å². The van der Waals surface area contributed by atoms with Gasteiger partial charge in [-0.15, -0.1) is 0 Å². The maximum atomic E-state index is 12.5. The third kappa shape index (κ3) is 5.74. The molecule has 2 N–H and O–H groups in total. The number of benzene rings is 2. The smallest absolute Gasteiger partial charge is 0.255 e. The van der Waals surface area contributed by atoms with Crippen molar-refractivity contribution >= 4 is 46.6 Å². The Labute approximate surface area is 185 Å². The van der Waals surface area contributed by atoms with Crippen molar-refractivity contribution in [2.24, 2.45) is 0 Å². The fourth-order valence-corrected chi connectivity index (χ4v) is 3.85. The van der Waals surface area contributed by atoms with Crippen LogP contribution in [0.2, 0.25) is 10.0 Å². The lowest BCUT2D eigenvalue weighted by molar-refractivity contribution is -0.133.